The van der Waals surface area contributed by atoms with Gasteiger partial charge < -0.3 is 19.3 Å². The van der Waals surface area contributed by atoms with Crippen molar-refractivity contribution >= 4 is 5.91 Å². The van der Waals surface area contributed by atoms with Gasteiger partial charge in [-0.05, 0) is 37.0 Å². The SMILES string of the molecule is COc1ccc(C(CO)N(C)C(=O)c2noc3c2CCCC3)cc1. The summed E-state index contributed by atoms with van der Waals surface area (Å²) in [6.45, 7) is -0.172. The number of hydrogen-bond acceptors (Lipinski definition) is 5. The number of aliphatic hydroxyl groups excluding tert-OH is 1. The molecule has 1 unspecified atom stereocenters. The van der Waals surface area contributed by atoms with Crippen molar-refractivity contribution in [2.75, 3.05) is 20.8 Å². The number of ether oxygens (including phenoxy) is 1. The summed E-state index contributed by atoms with van der Waals surface area (Å²) >= 11 is 0. The zero-order valence-electron chi connectivity index (χ0n) is 14.0. The highest BCUT2D eigenvalue weighted by molar-refractivity contribution is 5.94. The Balaban J connectivity index is 1.83. The molecule has 3 rings (SSSR count). The van der Waals surface area contributed by atoms with Crippen LogP contribution in [0.3, 0.4) is 0 Å². The minimum atomic E-state index is -0.445. The fourth-order valence-corrected chi connectivity index (χ4v) is 3.14. The number of aryl methyl sites for hydroxylation is 1. The minimum Gasteiger partial charge on any atom is -0.497 e. The number of carbonyl (C=O) groups excluding carboxylic acids is 1. The third-order valence-corrected chi connectivity index (χ3v) is 4.61. The first-order chi connectivity index (χ1) is 11.7. The van der Waals surface area contributed by atoms with E-state index in [1.165, 1.54) is 4.90 Å². The zero-order valence-corrected chi connectivity index (χ0v) is 14.0. The van der Waals surface area contributed by atoms with Crippen LogP contribution in [0.4, 0.5) is 0 Å². The molecule has 0 fully saturated rings. The predicted molar refractivity (Wildman–Crippen MR) is 88.1 cm³/mol. The third-order valence-electron chi connectivity index (χ3n) is 4.61. The van der Waals surface area contributed by atoms with Gasteiger partial charge in [-0.1, -0.05) is 17.3 Å². The molecule has 1 aliphatic carbocycles. The van der Waals surface area contributed by atoms with Gasteiger partial charge in [-0.3, -0.25) is 4.79 Å². The average molecular weight is 330 g/mol. The van der Waals surface area contributed by atoms with Gasteiger partial charge in [0.15, 0.2) is 5.69 Å². The van der Waals surface area contributed by atoms with Gasteiger partial charge in [0, 0.05) is 19.0 Å². The van der Waals surface area contributed by atoms with Crippen LogP contribution in [-0.2, 0) is 12.8 Å². The molecule has 0 aliphatic heterocycles. The van der Waals surface area contributed by atoms with Crippen LogP contribution in [0.25, 0.3) is 0 Å². The lowest BCUT2D eigenvalue weighted by atomic mass is 9.96. The normalized spacial score (nSPS) is 14.8. The highest BCUT2D eigenvalue weighted by Gasteiger charge is 2.29. The van der Waals surface area contributed by atoms with Crippen molar-refractivity contribution in [2.24, 2.45) is 0 Å². The van der Waals surface area contributed by atoms with Crippen LogP contribution in [-0.4, -0.2) is 41.8 Å². The van der Waals surface area contributed by atoms with Crippen LogP contribution in [0, 0.1) is 0 Å². The first kappa shape index (κ1) is 16.5. The van der Waals surface area contributed by atoms with Gasteiger partial charge in [-0.25, -0.2) is 0 Å². The number of benzene rings is 1. The summed E-state index contributed by atoms with van der Waals surface area (Å²) in [5.41, 5.74) is 2.13. The van der Waals surface area contributed by atoms with Crippen LogP contribution in [0.2, 0.25) is 0 Å². The molecule has 0 radical (unpaired) electrons. The number of likely N-dealkylation sites (N-methyl/N-ethyl adjacent to an activating group) is 1. The summed E-state index contributed by atoms with van der Waals surface area (Å²) in [7, 11) is 3.28. The van der Waals surface area contributed by atoms with Crippen molar-refractivity contribution in [1.29, 1.82) is 0 Å². The Morgan fingerprint density at radius 3 is 2.71 bits per heavy atom. The highest BCUT2D eigenvalue weighted by Crippen LogP contribution is 2.28. The number of rotatable bonds is 5. The lowest BCUT2D eigenvalue weighted by molar-refractivity contribution is 0.0647. The van der Waals surface area contributed by atoms with Crippen molar-refractivity contribution in [1.82, 2.24) is 10.1 Å². The average Bonchev–Trinajstić information content (AvgIpc) is 3.06. The Morgan fingerprint density at radius 1 is 1.33 bits per heavy atom. The summed E-state index contributed by atoms with van der Waals surface area (Å²) in [5.74, 6) is 1.33. The van der Waals surface area contributed by atoms with Crippen molar-refractivity contribution in [3.05, 3.63) is 46.8 Å². The summed E-state index contributed by atoms with van der Waals surface area (Å²) in [5, 5.41) is 13.8. The zero-order chi connectivity index (χ0) is 17.1. The van der Waals surface area contributed by atoms with Gasteiger partial charge in [-0.2, -0.15) is 0 Å². The fourth-order valence-electron chi connectivity index (χ4n) is 3.14. The number of carbonyl (C=O) groups is 1. The molecule has 1 amide bonds. The van der Waals surface area contributed by atoms with Gasteiger partial charge in [0.05, 0.1) is 19.8 Å². The van der Waals surface area contributed by atoms with E-state index in [-0.39, 0.29) is 12.5 Å². The highest BCUT2D eigenvalue weighted by atomic mass is 16.5. The number of fused-ring (bicyclic) bond motifs is 1. The third kappa shape index (κ3) is 3.01. The minimum absolute atomic E-state index is 0.172. The molecule has 2 aromatic rings. The molecule has 1 N–H and O–H groups in total. The van der Waals surface area contributed by atoms with Crippen molar-refractivity contribution in [3.8, 4) is 5.75 Å². The maximum atomic E-state index is 12.8. The number of amides is 1. The van der Waals surface area contributed by atoms with Crippen LogP contribution >= 0.6 is 0 Å². The van der Waals surface area contributed by atoms with Crippen molar-refractivity contribution in [3.63, 3.8) is 0 Å². The monoisotopic (exact) mass is 330 g/mol. The second-order valence-corrected chi connectivity index (χ2v) is 6.03. The van der Waals surface area contributed by atoms with Crippen molar-refractivity contribution < 1.29 is 19.2 Å². The Labute approximate surface area is 141 Å². The molecule has 0 saturated carbocycles. The van der Waals surface area contributed by atoms with Crippen LogP contribution in [0.5, 0.6) is 5.75 Å². The quantitative estimate of drug-likeness (QED) is 0.911. The Bertz CT molecular complexity index is 708. The van der Waals surface area contributed by atoms with Gasteiger partial charge >= 0.3 is 0 Å². The Kier molecular flexibility index (Phi) is 4.85. The van der Waals surface area contributed by atoms with Gasteiger partial charge in [0.2, 0.25) is 0 Å². The molecule has 24 heavy (non-hydrogen) atoms. The molecule has 6 nitrogen and oxygen atoms in total. The number of nitrogens with zero attached hydrogens (tertiary/aromatic N) is 2. The van der Waals surface area contributed by atoms with Crippen LogP contribution < -0.4 is 4.74 Å². The van der Waals surface area contributed by atoms with E-state index in [9.17, 15) is 9.90 Å². The van der Waals surface area contributed by atoms with E-state index in [1.807, 2.05) is 24.3 Å². The van der Waals surface area contributed by atoms with Crippen LogP contribution in [0.15, 0.2) is 28.8 Å². The van der Waals surface area contributed by atoms with Gasteiger partial charge in [-0.15, -0.1) is 0 Å². The molecule has 128 valence electrons. The molecular formula is C18H22N2O4. The van der Waals surface area contributed by atoms with Crippen LogP contribution in [0.1, 0.15) is 46.3 Å². The van der Waals surface area contributed by atoms with Crippen molar-refractivity contribution in [2.45, 2.75) is 31.7 Å². The number of aromatic nitrogens is 1. The molecule has 1 aliphatic rings. The lowest BCUT2D eigenvalue weighted by Crippen LogP contribution is -2.34. The van der Waals surface area contributed by atoms with E-state index in [1.54, 1.807) is 14.2 Å². The van der Waals surface area contributed by atoms with E-state index in [4.69, 9.17) is 9.26 Å². The molecule has 1 heterocycles. The first-order valence-electron chi connectivity index (χ1n) is 8.15. The first-order valence-corrected chi connectivity index (χ1v) is 8.15. The van der Waals surface area contributed by atoms with E-state index in [0.29, 0.717) is 5.69 Å². The molecule has 0 saturated heterocycles. The predicted octanol–water partition coefficient (Wildman–Crippen LogP) is 2.37. The summed E-state index contributed by atoms with van der Waals surface area (Å²) in [6.07, 6.45) is 3.76. The molecule has 1 aromatic heterocycles. The second kappa shape index (κ2) is 7.05. The van der Waals surface area contributed by atoms with E-state index < -0.39 is 6.04 Å². The molecular weight excluding hydrogens is 308 g/mol. The standard InChI is InChI=1S/C18H22N2O4/c1-20(15(11-21)12-7-9-13(23-2)10-8-12)18(22)17-14-5-3-4-6-16(14)24-19-17/h7-10,15,21H,3-6,11H2,1-2H3. The Hall–Kier alpha value is -2.34. The molecule has 6 heteroatoms. The van der Waals surface area contributed by atoms with E-state index in [2.05, 4.69) is 5.16 Å². The largest absolute Gasteiger partial charge is 0.497 e. The smallest absolute Gasteiger partial charge is 0.276 e. The fraction of sp³-hybridized carbons (Fsp3) is 0.444. The summed E-state index contributed by atoms with van der Waals surface area (Å²) in [4.78, 5) is 14.4. The molecule has 1 aromatic carbocycles. The molecule has 0 spiro atoms. The maximum absolute atomic E-state index is 12.8. The maximum Gasteiger partial charge on any atom is 0.276 e. The summed E-state index contributed by atoms with van der Waals surface area (Å²) in [6, 6.07) is 6.88. The summed E-state index contributed by atoms with van der Waals surface area (Å²) < 4.78 is 10.5. The topological polar surface area (TPSA) is 75.8 Å². The van der Waals surface area contributed by atoms with E-state index in [0.717, 1.165) is 48.3 Å². The lowest BCUT2D eigenvalue weighted by Gasteiger charge is -2.27. The number of methoxy groups -OCH3 is 1. The van der Waals surface area contributed by atoms with Gasteiger partial charge in [0.25, 0.3) is 5.91 Å². The van der Waals surface area contributed by atoms with Gasteiger partial charge in [0.1, 0.15) is 11.5 Å². The molecule has 1 atom stereocenters. The second-order valence-electron chi connectivity index (χ2n) is 6.03. The number of aliphatic hydroxyl groups is 1. The molecule has 0 bridgehead atoms. The Morgan fingerprint density at radius 2 is 2.04 bits per heavy atom. The van der Waals surface area contributed by atoms with E-state index >= 15 is 0 Å². The number of hydrogen-bond donors (Lipinski definition) is 1.